The van der Waals surface area contributed by atoms with Gasteiger partial charge in [0.15, 0.2) is 0 Å². The minimum atomic E-state index is -4.60. The molecule has 138 valence electrons. The van der Waals surface area contributed by atoms with Crippen molar-refractivity contribution >= 4 is 17.5 Å². The average Bonchev–Trinajstić information content (AvgIpc) is 2.62. The molecule has 1 N–H and O–H groups in total. The van der Waals surface area contributed by atoms with Gasteiger partial charge in [-0.15, -0.1) is 0 Å². The van der Waals surface area contributed by atoms with E-state index in [0.717, 1.165) is 12.1 Å². The van der Waals surface area contributed by atoms with Gasteiger partial charge in [0, 0.05) is 13.1 Å². The van der Waals surface area contributed by atoms with E-state index in [2.05, 4.69) is 10.3 Å². The fourth-order valence-corrected chi connectivity index (χ4v) is 2.38. The third-order valence-electron chi connectivity index (χ3n) is 3.73. The number of rotatable bonds is 5. The summed E-state index contributed by atoms with van der Waals surface area (Å²) in [7, 11) is 0. The lowest BCUT2D eigenvalue weighted by atomic mass is 10.1. The second kappa shape index (κ2) is 7.99. The molecule has 0 saturated heterocycles. The predicted octanol–water partition coefficient (Wildman–Crippen LogP) is 3.83. The molecule has 1 aromatic carbocycles. The minimum absolute atomic E-state index is 0.0606. The molecule has 0 radical (unpaired) electrons. The number of amides is 2. The minimum Gasteiger partial charge on any atom is -0.338 e. The van der Waals surface area contributed by atoms with E-state index < -0.39 is 17.6 Å². The molecule has 0 atom stereocenters. The van der Waals surface area contributed by atoms with Crippen molar-refractivity contribution < 1.29 is 22.8 Å². The van der Waals surface area contributed by atoms with Crippen LogP contribution in [-0.2, 0) is 6.18 Å². The molecule has 0 unspecified atom stereocenters. The molecule has 0 aliphatic carbocycles. The van der Waals surface area contributed by atoms with Crippen LogP contribution in [0.3, 0.4) is 0 Å². The van der Waals surface area contributed by atoms with Gasteiger partial charge < -0.3 is 10.2 Å². The fourth-order valence-electron chi connectivity index (χ4n) is 2.38. The van der Waals surface area contributed by atoms with Crippen molar-refractivity contribution in [2.45, 2.75) is 20.0 Å². The first kappa shape index (κ1) is 19.4. The first-order valence-corrected chi connectivity index (χ1v) is 8.01. The van der Waals surface area contributed by atoms with Crippen molar-refractivity contribution in [3.63, 3.8) is 0 Å². The zero-order valence-electron chi connectivity index (χ0n) is 14.3. The summed E-state index contributed by atoms with van der Waals surface area (Å²) in [5.41, 5.74) is -1.40. The number of pyridine rings is 1. The number of alkyl halides is 3. The smallest absolute Gasteiger partial charge is 0.338 e. The number of carbonyl (C=O) groups excluding carboxylic acids is 2. The Bertz CT molecular complexity index is 802. The van der Waals surface area contributed by atoms with E-state index in [1.807, 2.05) is 13.8 Å². The van der Waals surface area contributed by atoms with Crippen molar-refractivity contribution in [2.24, 2.45) is 0 Å². The summed E-state index contributed by atoms with van der Waals surface area (Å²) in [6.45, 7) is 4.58. The van der Waals surface area contributed by atoms with Crippen molar-refractivity contribution in [1.82, 2.24) is 9.88 Å². The third kappa shape index (κ3) is 4.38. The summed E-state index contributed by atoms with van der Waals surface area (Å²) in [6.07, 6.45) is -4.60. The van der Waals surface area contributed by atoms with E-state index in [9.17, 15) is 22.8 Å². The maximum atomic E-state index is 13.0. The lowest BCUT2D eigenvalue weighted by Gasteiger charge is -2.18. The van der Waals surface area contributed by atoms with Gasteiger partial charge in [-0.05, 0) is 38.1 Å². The summed E-state index contributed by atoms with van der Waals surface area (Å²) < 4.78 is 39.1. The Labute approximate surface area is 148 Å². The Hall–Kier alpha value is -2.90. The van der Waals surface area contributed by atoms with Crippen LogP contribution in [0.25, 0.3) is 0 Å². The van der Waals surface area contributed by atoms with Gasteiger partial charge in [-0.2, -0.15) is 13.2 Å². The number of hydrogen-bond acceptors (Lipinski definition) is 3. The Kier molecular flexibility index (Phi) is 5.97. The summed E-state index contributed by atoms with van der Waals surface area (Å²) in [5.74, 6) is -1.17. The monoisotopic (exact) mass is 365 g/mol. The number of carbonyl (C=O) groups is 2. The van der Waals surface area contributed by atoms with E-state index >= 15 is 0 Å². The van der Waals surface area contributed by atoms with E-state index in [1.165, 1.54) is 35.2 Å². The van der Waals surface area contributed by atoms with Gasteiger partial charge in [0.05, 0.1) is 11.3 Å². The fraction of sp³-hybridized carbons (Fsp3) is 0.278. The third-order valence-corrected chi connectivity index (χ3v) is 3.73. The van der Waals surface area contributed by atoms with Crippen LogP contribution in [0.4, 0.5) is 18.9 Å². The molecule has 2 amide bonds. The lowest BCUT2D eigenvalue weighted by molar-refractivity contribution is -0.136. The normalized spacial score (nSPS) is 11.1. The van der Waals surface area contributed by atoms with Gasteiger partial charge in [0.25, 0.3) is 11.8 Å². The van der Waals surface area contributed by atoms with Gasteiger partial charge in [0.1, 0.15) is 11.4 Å². The molecule has 26 heavy (non-hydrogen) atoms. The number of nitrogens with zero attached hydrogens (tertiary/aromatic N) is 2. The highest BCUT2D eigenvalue weighted by Gasteiger charge is 2.33. The van der Waals surface area contributed by atoms with Crippen molar-refractivity contribution in [3.8, 4) is 0 Å². The molecular formula is C18H18F3N3O2. The maximum absolute atomic E-state index is 13.0. The summed E-state index contributed by atoms with van der Waals surface area (Å²) in [5, 5.41) is 2.21. The molecule has 0 aliphatic rings. The maximum Gasteiger partial charge on any atom is 0.418 e. The van der Waals surface area contributed by atoms with Gasteiger partial charge in [-0.3, -0.25) is 9.59 Å². The van der Waals surface area contributed by atoms with Crippen LogP contribution in [0.5, 0.6) is 0 Å². The van der Waals surface area contributed by atoms with Gasteiger partial charge in [-0.25, -0.2) is 4.98 Å². The van der Waals surface area contributed by atoms with Gasteiger partial charge in [-0.1, -0.05) is 18.2 Å². The van der Waals surface area contributed by atoms with Crippen LogP contribution < -0.4 is 5.32 Å². The SMILES string of the molecule is CCN(CC)C(=O)c1cccc(C(=O)Nc2ccccc2C(F)(F)F)n1. The van der Waals surface area contributed by atoms with Crippen molar-refractivity contribution in [3.05, 3.63) is 59.4 Å². The highest BCUT2D eigenvalue weighted by molar-refractivity contribution is 6.04. The first-order chi connectivity index (χ1) is 12.3. The van der Waals surface area contributed by atoms with Crippen LogP contribution in [0.1, 0.15) is 40.4 Å². The molecular weight excluding hydrogens is 347 g/mol. The summed E-state index contributed by atoms with van der Waals surface area (Å²) in [4.78, 5) is 30.1. The quantitative estimate of drug-likeness (QED) is 0.876. The zero-order valence-corrected chi connectivity index (χ0v) is 14.3. The summed E-state index contributed by atoms with van der Waals surface area (Å²) in [6, 6.07) is 8.92. The van der Waals surface area contributed by atoms with Crippen LogP contribution in [-0.4, -0.2) is 34.8 Å². The Morgan fingerprint density at radius 2 is 1.62 bits per heavy atom. The Balaban J connectivity index is 2.27. The number of anilines is 1. The Morgan fingerprint density at radius 3 is 2.23 bits per heavy atom. The lowest BCUT2D eigenvalue weighted by Crippen LogP contribution is -2.31. The number of aromatic nitrogens is 1. The van der Waals surface area contributed by atoms with Crippen LogP contribution in [0.15, 0.2) is 42.5 Å². The van der Waals surface area contributed by atoms with Gasteiger partial charge in [0.2, 0.25) is 0 Å². The molecule has 8 heteroatoms. The zero-order chi connectivity index (χ0) is 19.3. The average molecular weight is 365 g/mol. The van der Waals surface area contributed by atoms with E-state index in [4.69, 9.17) is 0 Å². The second-order valence-electron chi connectivity index (χ2n) is 5.38. The predicted molar refractivity (Wildman–Crippen MR) is 90.9 cm³/mol. The molecule has 2 rings (SSSR count). The molecule has 2 aromatic rings. The number of para-hydroxylation sites is 1. The standard InChI is InChI=1S/C18H18F3N3O2/c1-3-24(4-2)17(26)15-11-7-10-14(22-15)16(25)23-13-9-6-5-8-12(13)18(19,20)21/h5-11H,3-4H2,1-2H3,(H,23,25). The molecule has 0 fully saturated rings. The number of nitrogens with one attached hydrogen (secondary N) is 1. The molecule has 5 nitrogen and oxygen atoms in total. The number of halogens is 3. The molecule has 0 aliphatic heterocycles. The molecule has 0 spiro atoms. The Morgan fingerprint density at radius 1 is 1.00 bits per heavy atom. The molecule has 1 heterocycles. The van der Waals surface area contributed by atoms with E-state index in [0.29, 0.717) is 13.1 Å². The van der Waals surface area contributed by atoms with Crippen molar-refractivity contribution in [1.29, 1.82) is 0 Å². The van der Waals surface area contributed by atoms with Crippen LogP contribution in [0.2, 0.25) is 0 Å². The van der Waals surface area contributed by atoms with E-state index in [-0.39, 0.29) is 23.0 Å². The summed E-state index contributed by atoms with van der Waals surface area (Å²) >= 11 is 0. The van der Waals surface area contributed by atoms with Crippen molar-refractivity contribution in [2.75, 3.05) is 18.4 Å². The number of benzene rings is 1. The topological polar surface area (TPSA) is 62.3 Å². The highest BCUT2D eigenvalue weighted by atomic mass is 19.4. The molecule has 0 bridgehead atoms. The van der Waals surface area contributed by atoms with Gasteiger partial charge >= 0.3 is 6.18 Å². The van der Waals surface area contributed by atoms with Crippen LogP contribution >= 0.6 is 0 Å². The largest absolute Gasteiger partial charge is 0.418 e. The first-order valence-electron chi connectivity index (χ1n) is 8.01. The van der Waals surface area contributed by atoms with Crippen LogP contribution in [0, 0.1) is 0 Å². The molecule has 0 saturated carbocycles. The second-order valence-corrected chi connectivity index (χ2v) is 5.38. The molecule has 1 aromatic heterocycles. The number of hydrogen-bond donors (Lipinski definition) is 1. The highest BCUT2D eigenvalue weighted by Crippen LogP contribution is 2.34. The van der Waals surface area contributed by atoms with E-state index in [1.54, 1.807) is 0 Å².